The summed E-state index contributed by atoms with van der Waals surface area (Å²) < 4.78 is 0. The smallest absolute Gasteiger partial charge is 0.264 e. The zero-order chi connectivity index (χ0) is 17.9. The number of hydrogen-bond donors (Lipinski definition) is 2. The number of pyridine rings is 1. The molecule has 0 bridgehead atoms. The van der Waals surface area contributed by atoms with E-state index in [1.165, 1.54) is 17.3 Å². The van der Waals surface area contributed by atoms with Crippen LogP contribution in [-0.4, -0.2) is 26.9 Å². The molecule has 0 saturated heterocycles. The highest BCUT2D eigenvalue weighted by atomic mass is 16.2. The maximum Gasteiger partial charge on any atom is 0.264 e. The fourth-order valence-electron chi connectivity index (χ4n) is 3.27. The van der Waals surface area contributed by atoms with Gasteiger partial charge in [-0.25, -0.2) is 4.98 Å². The number of nitrogens with one attached hydrogen (secondary N) is 2. The van der Waals surface area contributed by atoms with Gasteiger partial charge >= 0.3 is 0 Å². The van der Waals surface area contributed by atoms with Crippen molar-refractivity contribution in [1.82, 2.24) is 20.3 Å². The van der Waals surface area contributed by atoms with Crippen LogP contribution in [0.1, 0.15) is 27.9 Å². The lowest BCUT2D eigenvalue weighted by Crippen LogP contribution is -2.41. The number of carbonyl (C=O) groups excluding carboxylic acids is 1. The number of rotatable bonds is 3. The molecule has 1 unspecified atom stereocenters. The molecule has 0 aliphatic heterocycles. The number of aromatic nitrogens is 3. The average molecular weight is 346 g/mol. The molecule has 26 heavy (non-hydrogen) atoms. The molecule has 2 N–H and O–H groups in total. The Kier molecular flexibility index (Phi) is 4.31. The molecule has 2 aromatic heterocycles. The maximum absolute atomic E-state index is 12.5. The Bertz CT molecular complexity index is 998. The van der Waals surface area contributed by atoms with Crippen molar-refractivity contribution >= 4 is 5.91 Å². The minimum Gasteiger partial charge on any atom is -0.349 e. The van der Waals surface area contributed by atoms with E-state index in [9.17, 15) is 9.59 Å². The minimum absolute atomic E-state index is 0.0172. The number of H-pyrrole nitrogens is 1. The van der Waals surface area contributed by atoms with E-state index in [0.29, 0.717) is 11.5 Å². The lowest BCUT2D eigenvalue weighted by atomic mass is 9.88. The highest BCUT2D eigenvalue weighted by Crippen LogP contribution is 2.21. The van der Waals surface area contributed by atoms with Crippen LogP contribution in [0.25, 0.3) is 11.5 Å². The second-order valence-electron chi connectivity index (χ2n) is 6.37. The van der Waals surface area contributed by atoms with Gasteiger partial charge in [-0.2, -0.15) is 0 Å². The number of nitrogens with zero attached hydrogens (tertiary/aromatic N) is 2. The SMILES string of the molecule is O=C(NC1CCc2ccccc2C1)c1cnc(-c2ccccn2)[nH]c1=O. The summed E-state index contributed by atoms with van der Waals surface area (Å²) in [5.41, 5.74) is 2.69. The molecule has 0 fully saturated rings. The van der Waals surface area contributed by atoms with Crippen LogP contribution < -0.4 is 10.9 Å². The molecule has 6 nitrogen and oxygen atoms in total. The highest BCUT2D eigenvalue weighted by Gasteiger charge is 2.22. The zero-order valence-corrected chi connectivity index (χ0v) is 14.1. The van der Waals surface area contributed by atoms with Crippen LogP contribution >= 0.6 is 0 Å². The summed E-state index contributed by atoms with van der Waals surface area (Å²) in [4.78, 5) is 35.8. The molecule has 0 spiro atoms. The first-order valence-corrected chi connectivity index (χ1v) is 8.59. The second-order valence-corrected chi connectivity index (χ2v) is 6.37. The topological polar surface area (TPSA) is 87.7 Å². The van der Waals surface area contributed by atoms with E-state index in [-0.39, 0.29) is 11.6 Å². The van der Waals surface area contributed by atoms with Crippen LogP contribution in [0.4, 0.5) is 0 Å². The molecule has 1 aliphatic rings. The summed E-state index contributed by atoms with van der Waals surface area (Å²) in [6, 6.07) is 13.6. The number of aryl methyl sites for hydroxylation is 1. The molecular weight excluding hydrogens is 328 g/mol. The van der Waals surface area contributed by atoms with Gasteiger partial charge in [0.05, 0.1) is 0 Å². The van der Waals surface area contributed by atoms with Crippen LogP contribution in [-0.2, 0) is 12.8 Å². The molecular formula is C20H18N4O2. The molecule has 4 rings (SSSR count). The van der Waals surface area contributed by atoms with E-state index < -0.39 is 11.5 Å². The lowest BCUT2D eigenvalue weighted by molar-refractivity contribution is 0.0931. The monoisotopic (exact) mass is 346 g/mol. The van der Waals surface area contributed by atoms with Gasteiger partial charge in [0, 0.05) is 18.4 Å². The van der Waals surface area contributed by atoms with E-state index in [2.05, 4.69) is 32.4 Å². The molecule has 1 aromatic carbocycles. The van der Waals surface area contributed by atoms with E-state index in [4.69, 9.17) is 0 Å². The first-order valence-electron chi connectivity index (χ1n) is 8.59. The van der Waals surface area contributed by atoms with Gasteiger partial charge in [0.1, 0.15) is 11.3 Å². The number of fused-ring (bicyclic) bond motifs is 1. The maximum atomic E-state index is 12.5. The summed E-state index contributed by atoms with van der Waals surface area (Å²) in [7, 11) is 0. The van der Waals surface area contributed by atoms with E-state index in [0.717, 1.165) is 19.3 Å². The fourth-order valence-corrected chi connectivity index (χ4v) is 3.27. The first-order chi connectivity index (χ1) is 12.7. The van der Waals surface area contributed by atoms with Gasteiger partial charge < -0.3 is 10.3 Å². The van der Waals surface area contributed by atoms with E-state index in [1.54, 1.807) is 18.3 Å². The van der Waals surface area contributed by atoms with Crippen molar-refractivity contribution in [3.63, 3.8) is 0 Å². The third-order valence-electron chi connectivity index (χ3n) is 4.63. The van der Waals surface area contributed by atoms with Gasteiger partial charge in [0.15, 0.2) is 5.82 Å². The Morgan fingerprint density at radius 1 is 1.08 bits per heavy atom. The Labute approximate surface area is 150 Å². The van der Waals surface area contributed by atoms with Crippen LogP contribution in [0.3, 0.4) is 0 Å². The number of hydrogen-bond acceptors (Lipinski definition) is 4. The van der Waals surface area contributed by atoms with Crippen LogP contribution in [0, 0.1) is 0 Å². The molecule has 1 amide bonds. The summed E-state index contributed by atoms with van der Waals surface area (Å²) in [5.74, 6) is -0.0468. The average Bonchev–Trinajstić information content (AvgIpc) is 2.68. The number of benzene rings is 1. The van der Waals surface area contributed by atoms with Crippen LogP contribution in [0.15, 0.2) is 59.7 Å². The molecule has 0 radical (unpaired) electrons. The summed E-state index contributed by atoms with van der Waals surface area (Å²) in [6.45, 7) is 0. The predicted octanol–water partition coefficient (Wildman–Crippen LogP) is 2.12. The van der Waals surface area contributed by atoms with Crippen molar-refractivity contribution < 1.29 is 4.79 Å². The fraction of sp³-hybridized carbons (Fsp3) is 0.200. The minimum atomic E-state index is -0.464. The largest absolute Gasteiger partial charge is 0.349 e. The van der Waals surface area contributed by atoms with Gasteiger partial charge in [-0.05, 0) is 42.5 Å². The van der Waals surface area contributed by atoms with E-state index >= 15 is 0 Å². The predicted molar refractivity (Wildman–Crippen MR) is 97.8 cm³/mol. The van der Waals surface area contributed by atoms with Crippen LogP contribution in [0.2, 0.25) is 0 Å². The first kappa shape index (κ1) is 16.2. The molecule has 0 saturated carbocycles. The number of aromatic amines is 1. The van der Waals surface area contributed by atoms with Gasteiger partial charge in [-0.1, -0.05) is 30.3 Å². The quantitative estimate of drug-likeness (QED) is 0.760. The molecule has 130 valence electrons. The zero-order valence-electron chi connectivity index (χ0n) is 14.1. The van der Waals surface area contributed by atoms with Gasteiger partial charge in [0.25, 0.3) is 11.5 Å². The lowest BCUT2D eigenvalue weighted by Gasteiger charge is -2.25. The molecule has 6 heteroatoms. The van der Waals surface area contributed by atoms with Crippen LogP contribution in [0.5, 0.6) is 0 Å². The molecule has 1 atom stereocenters. The van der Waals surface area contributed by atoms with E-state index in [1.807, 2.05) is 18.2 Å². The van der Waals surface area contributed by atoms with Crippen molar-refractivity contribution in [1.29, 1.82) is 0 Å². The third-order valence-corrected chi connectivity index (χ3v) is 4.63. The normalized spacial score (nSPS) is 15.9. The Hall–Kier alpha value is -3.28. The van der Waals surface area contributed by atoms with Crippen molar-refractivity contribution in [2.24, 2.45) is 0 Å². The van der Waals surface area contributed by atoms with Crippen molar-refractivity contribution in [2.75, 3.05) is 0 Å². The Morgan fingerprint density at radius 3 is 2.65 bits per heavy atom. The van der Waals surface area contributed by atoms with Crippen molar-refractivity contribution in [3.05, 3.63) is 81.9 Å². The highest BCUT2D eigenvalue weighted by molar-refractivity contribution is 5.93. The third kappa shape index (κ3) is 3.26. The molecule has 3 aromatic rings. The standard InChI is InChI=1S/C20H18N4O2/c25-19(23-15-9-8-13-5-1-2-6-14(13)11-15)16-12-22-18(24-20(16)26)17-7-3-4-10-21-17/h1-7,10,12,15H,8-9,11H2,(H,23,25)(H,22,24,26). The number of carbonyl (C=O) groups is 1. The Morgan fingerprint density at radius 2 is 1.88 bits per heavy atom. The van der Waals surface area contributed by atoms with Gasteiger partial charge in [-0.3, -0.25) is 14.6 Å². The molecule has 2 heterocycles. The number of amides is 1. The summed E-state index contributed by atoms with van der Waals surface area (Å²) in [6.07, 6.45) is 5.50. The summed E-state index contributed by atoms with van der Waals surface area (Å²) in [5, 5.41) is 2.96. The van der Waals surface area contributed by atoms with Crippen molar-refractivity contribution in [2.45, 2.75) is 25.3 Å². The second kappa shape index (κ2) is 6.92. The van der Waals surface area contributed by atoms with Gasteiger partial charge in [0.2, 0.25) is 0 Å². The van der Waals surface area contributed by atoms with Crippen molar-refractivity contribution in [3.8, 4) is 11.5 Å². The Balaban J connectivity index is 1.50. The van der Waals surface area contributed by atoms with Gasteiger partial charge in [-0.15, -0.1) is 0 Å². The summed E-state index contributed by atoms with van der Waals surface area (Å²) >= 11 is 0. The molecule has 1 aliphatic carbocycles.